The number of benzene rings is 1. The van der Waals surface area contributed by atoms with Gasteiger partial charge in [-0.2, -0.15) is 17.7 Å². The summed E-state index contributed by atoms with van der Waals surface area (Å²) in [5.74, 6) is 0.624. The molecule has 1 aromatic carbocycles. The van der Waals surface area contributed by atoms with E-state index < -0.39 is 11.7 Å². The lowest BCUT2D eigenvalue weighted by Crippen LogP contribution is -2.06. The number of nitrogens with zero attached hydrogens (tertiary/aromatic N) is 4. The number of alkyl halides is 3. The summed E-state index contributed by atoms with van der Waals surface area (Å²) in [6.45, 7) is 0. The van der Waals surface area contributed by atoms with Gasteiger partial charge in [0, 0.05) is 5.39 Å². The summed E-state index contributed by atoms with van der Waals surface area (Å²) < 4.78 is 45.2. The Morgan fingerprint density at radius 3 is 2.65 bits per heavy atom. The number of nitrogens with two attached hydrogens (primary N) is 1. The van der Waals surface area contributed by atoms with Crippen LogP contribution in [0.15, 0.2) is 41.0 Å². The Balaban J connectivity index is 2.05. The number of furan rings is 1. The predicted molar refractivity (Wildman–Crippen MR) is 75.4 cm³/mol. The molecule has 0 spiro atoms. The van der Waals surface area contributed by atoms with E-state index in [0.29, 0.717) is 11.3 Å². The van der Waals surface area contributed by atoms with Crippen LogP contribution in [0.4, 0.5) is 19.1 Å². The van der Waals surface area contributed by atoms with Crippen LogP contribution < -0.4 is 5.73 Å². The number of anilines is 1. The Bertz CT molecular complexity index is 1020. The van der Waals surface area contributed by atoms with E-state index in [2.05, 4.69) is 15.1 Å². The van der Waals surface area contributed by atoms with Crippen molar-refractivity contribution in [1.82, 2.24) is 19.6 Å². The third kappa shape index (κ3) is 2.08. The monoisotopic (exact) mass is 319 g/mol. The third-order valence-electron chi connectivity index (χ3n) is 3.37. The van der Waals surface area contributed by atoms with Crippen LogP contribution in [0.2, 0.25) is 0 Å². The van der Waals surface area contributed by atoms with Gasteiger partial charge in [-0.3, -0.25) is 0 Å². The molecule has 9 heteroatoms. The number of hydrogen-bond acceptors (Lipinski definition) is 5. The average Bonchev–Trinajstić information content (AvgIpc) is 3.15. The van der Waals surface area contributed by atoms with E-state index in [4.69, 9.17) is 10.2 Å². The summed E-state index contributed by atoms with van der Waals surface area (Å²) >= 11 is 0. The van der Waals surface area contributed by atoms with Crippen molar-refractivity contribution in [2.75, 3.05) is 5.73 Å². The minimum absolute atomic E-state index is 0.0255. The number of nitrogen functional groups attached to an aromatic ring is 1. The molecule has 3 aromatic heterocycles. The zero-order valence-electron chi connectivity index (χ0n) is 11.4. The Kier molecular flexibility index (Phi) is 2.62. The van der Waals surface area contributed by atoms with E-state index in [1.807, 2.05) is 0 Å². The SMILES string of the molecule is Nc1nc2ccc(C(F)(F)F)cc2c2nc(-c3ccco3)nn12. The van der Waals surface area contributed by atoms with Gasteiger partial charge in [-0.1, -0.05) is 0 Å². The number of fused-ring (bicyclic) bond motifs is 3. The minimum Gasteiger partial charge on any atom is -0.461 e. The summed E-state index contributed by atoms with van der Waals surface area (Å²) in [6, 6.07) is 6.49. The molecule has 2 N–H and O–H groups in total. The number of halogens is 3. The van der Waals surface area contributed by atoms with E-state index in [-0.39, 0.29) is 22.8 Å². The van der Waals surface area contributed by atoms with Crippen LogP contribution in [-0.4, -0.2) is 19.6 Å². The molecule has 0 fully saturated rings. The largest absolute Gasteiger partial charge is 0.461 e. The molecule has 0 saturated carbocycles. The number of aromatic nitrogens is 4. The van der Waals surface area contributed by atoms with Crippen LogP contribution in [0.3, 0.4) is 0 Å². The van der Waals surface area contributed by atoms with Gasteiger partial charge in [-0.25, -0.2) is 9.97 Å². The first-order chi connectivity index (χ1) is 10.9. The van der Waals surface area contributed by atoms with Gasteiger partial charge in [-0.15, -0.1) is 5.10 Å². The van der Waals surface area contributed by atoms with Crippen LogP contribution >= 0.6 is 0 Å². The lowest BCUT2D eigenvalue weighted by Gasteiger charge is -2.08. The van der Waals surface area contributed by atoms with Gasteiger partial charge in [0.1, 0.15) is 0 Å². The lowest BCUT2D eigenvalue weighted by molar-refractivity contribution is -0.137. The van der Waals surface area contributed by atoms with E-state index in [0.717, 1.165) is 12.1 Å². The second-order valence-electron chi connectivity index (χ2n) is 4.85. The molecular weight excluding hydrogens is 311 g/mol. The normalized spacial score (nSPS) is 12.3. The van der Waals surface area contributed by atoms with Crippen LogP contribution in [-0.2, 0) is 6.18 Å². The average molecular weight is 319 g/mol. The number of hydrogen-bond donors (Lipinski definition) is 1. The highest BCUT2D eigenvalue weighted by molar-refractivity contribution is 5.93. The first-order valence-electron chi connectivity index (χ1n) is 6.50. The van der Waals surface area contributed by atoms with Gasteiger partial charge in [0.05, 0.1) is 17.3 Å². The summed E-state index contributed by atoms with van der Waals surface area (Å²) in [4.78, 5) is 8.30. The van der Waals surface area contributed by atoms with E-state index in [1.165, 1.54) is 16.8 Å². The maximum atomic E-state index is 12.9. The van der Waals surface area contributed by atoms with Crippen LogP contribution in [0.5, 0.6) is 0 Å². The highest BCUT2D eigenvalue weighted by Crippen LogP contribution is 2.32. The highest BCUT2D eigenvalue weighted by atomic mass is 19.4. The van der Waals surface area contributed by atoms with Crippen molar-refractivity contribution in [2.45, 2.75) is 6.18 Å². The molecule has 0 atom stereocenters. The predicted octanol–water partition coefficient (Wildman–Crippen LogP) is 3.14. The minimum atomic E-state index is -4.46. The van der Waals surface area contributed by atoms with E-state index in [1.54, 1.807) is 12.1 Å². The highest BCUT2D eigenvalue weighted by Gasteiger charge is 2.31. The Morgan fingerprint density at radius 1 is 1.13 bits per heavy atom. The van der Waals surface area contributed by atoms with Crippen molar-refractivity contribution in [1.29, 1.82) is 0 Å². The summed E-state index contributed by atoms with van der Waals surface area (Å²) in [5.41, 5.74) is 5.51. The molecule has 23 heavy (non-hydrogen) atoms. The van der Waals surface area contributed by atoms with Crippen molar-refractivity contribution in [3.63, 3.8) is 0 Å². The van der Waals surface area contributed by atoms with Gasteiger partial charge in [0.2, 0.25) is 11.8 Å². The second-order valence-corrected chi connectivity index (χ2v) is 4.85. The van der Waals surface area contributed by atoms with Gasteiger partial charge in [-0.05, 0) is 30.3 Å². The van der Waals surface area contributed by atoms with Crippen molar-refractivity contribution in [3.05, 3.63) is 42.2 Å². The molecule has 0 unspecified atom stereocenters. The first kappa shape index (κ1) is 13.6. The maximum absolute atomic E-state index is 12.9. The Morgan fingerprint density at radius 2 is 1.96 bits per heavy atom. The van der Waals surface area contributed by atoms with E-state index >= 15 is 0 Å². The molecule has 0 aliphatic rings. The molecule has 4 rings (SSSR count). The maximum Gasteiger partial charge on any atom is 0.416 e. The van der Waals surface area contributed by atoms with E-state index in [9.17, 15) is 13.2 Å². The number of rotatable bonds is 1. The van der Waals surface area contributed by atoms with Gasteiger partial charge < -0.3 is 10.2 Å². The topological polar surface area (TPSA) is 82.2 Å². The molecule has 0 radical (unpaired) electrons. The molecule has 4 aromatic rings. The van der Waals surface area contributed by atoms with Crippen LogP contribution in [0, 0.1) is 0 Å². The van der Waals surface area contributed by atoms with Gasteiger partial charge >= 0.3 is 6.18 Å². The summed E-state index contributed by atoms with van der Waals surface area (Å²) in [5, 5.41) is 4.35. The molecule has 6 nitrogen and oxygen atoms in total. The van der Waals surface area contributed by atoms with Gasteiger partial charge in [0.25, 0.3) is 0 Å². The molecule has 0 aliphatic heterocycles. The van der Waals surface area contributed by atoms with Crippen molar-refractivity contribution in [2.24, 2.45) is 0 Å². The Labute approximate surface area is 126 Å². The Hall–Kier alpha value is -3.10. The van der Waals surface area contributed by atoms with Gasteiger partial charge in [0.15, 0.2) is 11.4 Å². The smallest absolute Gasteiger partial charge is 0.416 e. The van der Waals surface area contributed by atoms with Crippen LogP contribution in [0.1, 0.15) is 5.56 Å². The molecule has 3 heterocycles. The quantitative estimate of drug-likeness (QED) is 0.583. The van der Waals surface area contributed by atoms with Crippen molar-refractivity contribution < 1.29 is 17.6 Å². The zero-order valence-corrected chi connectivity index (χ0v) is 11.4. The molecule has 0 aliphatic carbocycles. The molecular formula is C14H8F3N5O. The fourth-order valence-electron chi connectivity index (χ4n) is 2.32. The second kappa shape index (κ2) is 4.45. The molecule has 116 valence electrons. The molecule has 0 amide bonds. The third-order valence-corrected chi connectivity index (χ3v) is 3.37. The fourth-order valence-corrected chi connectivity index (χ4v) is 2.32. The summed E-state index contributed by atoms with van der Waals surface area (Å²) in [6.07, 6.45) is -3.01. The lowest BCUT2D eigenvalue weighted by atomic mass is 10.1. The first-order valence-corrected chi connectivity index (χ1v) is 6.50. The van der Waals surface area contributed by atoms with Crippen molar-refractivity contribution in [3.8, 4) is 11.6 Å². The fraction of sp³-hybridized carbons (Fsp3) is 0.0714. The van der Waals surface area contributed by atoms with Crippen LogP contribution in [0.25, 0.3) is 28.1 Å². The molecule has 0 bridgehead atoms. The standard InChI is InChI=1S/C14H8F3N5O/c15-14(16,17)7-3-4-9-8(6-7)12-20-11(10-2-1-5-23-10)21-22(12)13(18)19-9/h1-6H,(H2,18,19). The molecule has 0 saturated heterocycles. The zero-order chi connectivity index (χ0) is 16.2. The summed E-state index contributed by atoms with van der Waals surface area (Å²) in [7, 11) is 0. The van der Waals surface area contributed by atoms with Crippen molar-refractivity contribution >= 4 is 22.5 Å².